The Kier molecular flexibility index (Phi) is 4.55. The highest BCUT2D eigenvalue weighted by Crippen LogP contribution is 2.47. The Morgan fingerprint density at radius 2 is 1.86 bits per heavy atom. The first-order valence-corrected chi connectivity index (χ1v) is 7.81. The second-order valence-corrected chi connectivity index (χ2v) is 7.05. The fraction of sp³-hybridized carbons (Fsp3) is 0.526. The summed E-state index contributed by atoms with van der Waals surface area (Å²) < 4.78 is 0. The maximum Gasteiger partial charge on any atom is 0.331 e. The van der Waals surface area contributed by atoms with Crippen LogP contribution in [-0.2, 0) is 10.2 Å². The SMILES string of the molecule is C=C(C(=O)O)C1CC(C)CCC1C(C)(C)c1ccccc1. The van der Waals surface area contributed by atoms with Gasteiger partial charge in [-0.1, -0.05) is 64.1 Å². The lowest BCUT2D eigenvalue weighted by Crippen LogP contribution is -2.39. The van der Waals surface area contributed by atoms with Gasteiger partial charge in [0.1, 0.15) is 0 Å². The van der Waals surface area contributed by atoms with E-state index in [9.17, 15) is 9.90 Å². The first-order valence-electron chi connectivity index (χ1n) is 7.81. The Balaban J connectivity index is 2.34. The number of hydrogen-bond donors (Lipinski definition) is 1. The van der Waals surface area contributed by atoms with Gasteiger partial charge in [0.25, 0.3) is 0 Å². The first-order chi connectivity index (χ1) is 9.84. The highest BCUT2D eigenvalue weighted by atomic mass is 16.4. The van der Waals surface area contributed by atoms with E-state index in [0.29, 0.717) is 17.4 Å². The molecule has 0 aromatic heterocycles. The molecule has 0 aliphatic heterocycles. The second-order valence-electron chi connectivity index (χ2n) is 7.05. The molecule has 1 saturated carbocycles. The fourth-order valence-corrected chi connectivity index (χ4v) is 3.87. The zero-order chi connectivity index (χ0) is 15.6. The predicted molar refractivity (Wildman–Crippen MR) is 86.2 cm³/mol. The molecule has 3 unspecified atom stereocenters. The van der Waals surface area contributed by atoms with Gasteiger partial charge in [-0.3, -0.25) is 0 Å². The standard InChI is InChI=1S/C19H26O2/c1-13-10-11-17(16(12-13)14(2)18(20)21)19(3,4)15-8-6-5-7-9-15/h5-9,13,16-17H,2,10-12H2,1,3-4H3,(H,20,21). The Morgan fingerprint density at radius 1 is 1.24 bits per heavy atom. The monoisotopic (exact) mass is 286 g/mol. The lowest BCUT2D eigenvalue weighted by Gasteiger charge is -2.44. The minimum Gasteiger partial charge on any atom is -0.478 e. The number of aliphatic carboxylic acids is 1. The molecule has 1 aliphatic rings. The van der Waals surface area contributed by atoms with E-state index in [-0.39, 0.29) is 11.3 Å². The number of rotatable bonds is 4. The van der Waals surface area contributed by atoms with E-state index < -0.39 is 5.97 Å². The van der Waals surface area contributed by atoms with Crippen molar-refractivity contribution < 1.29 is 9.90 Å². The molecular formula is C19H26O2. The largest absolute Gasteiger partial charge is 0.478 e. The third kappa shape index (κ3) is 3.20. The summed E-state index contributed by atoms with van der Waals surface area (Å²) in [6.07, 6.45) is 3.18. The molecule has 0 radical (unpaired) electrons. The van der Waals surface area contributed by atoms with E-state index in [4.69, 9.17) is 0 Å². The molecule has 0 heterocycles. The Bertz CT molecular complexity index is 516. The number of hydrogen-bond acceptors (Lipinski definition) is 1. The molecule has 2 rings (SSSR count). The van der Waals surface area contributed by atoms with Crippen molar-refractivity contribution in [1.29, 1.82) is 0 Å². The Morgan fingerprint density at radius 3 is 2.43 bits per heavy atom. The minimum atomic E-state index is -0.844. The molecule has 2 heteroatoms. The summed E-state index contributed by atoms with van der Waals surface area (Å²) in [7, 11) is 0. The van der Waals surface area contributed by atoms with Crippen molar-refractivity contribution in [2.24, 2.45) is 17.8 Å². The highest BCUT2D eigenvalue weighted by molar-refractivity contribution is 5.86. The highest BCUT2D eigenvalue weighted by Gasteiger charge is 2.42. The van der Waals surface area contributed by atoms with Gasteiger partial charge in [0, 0.05) is 5.57 Å². The second kappa shape index (κ2) is 6.05. The molecule has 1 N–H and O–H groups in total. The normalized spacial score (nSPS) is 26.3. The molecule has 1 fully saturated rings. The minimum absolute atomic E-state index is 0.0372. The maximum atomic E-state index is 11.4. The van der Waals surface area contributed by atoms with Crippen LogP contribution in [0, 0.1) is 17.8 Å². The van der Waals surface area contributed by atoms with Crippen LogP contribution in [0.2, 0.25) is 0 Å². The van der Waals surface area contributed by atoms with Crippen LogP contribution in [0.4, 0.5) is 0 Å². The topological polar surface area (TPSA) is 37.3 Å². The van der Waals surface area contributed by atoms with E-state index in [1.807, 2.05) is 6.07 Å². The Labute approximate surface area is 127 Å². The van der Waals surface area contributed by atoms with Crippen molar-refractivity contribution in [1.82, 2.24) is 0 Å². The smallest absolute Gasteiger partial charge is 0.331 e. The Hall–Kier alpha value is -1.57. The van der Waals surface area contributed by atoms with Crippen LogP contribution >= 0.6 is 0 Å². The molecular weight excluding hydrogens is 260 g/mol. The van der Waals surface area contributed by atoms with Crippen LogP contribution in [0.1, 0.15) is 45.6 Å². The number of carboxylic acid groups (broad SMARTS) is 1. The number of carboxylic acids is 1. The summed E-state index contributed by atoms with van der Waals surface area (Å²) in [5, 5.41) is 9.38. The summed E-state index contributed by atoms with van der Waals surface area (Å²) in [5.41, 5.74) is 1.63. The molecule has 21 heavy (non-hydrogen) atoms. The van der Waals surface area contributed by atoms with Gasteiger partial charge in [-0.05, 0) is 41.6 Å². The van der Waals surface area contributed by atoms with E-state index in [1.54, 1.807) is 0 Å². The van der Waals surface area contributed by atoms with Crippen molar-refractivity contribution in [3.05, 3.63) is 48.0 Å². The van der Waals surface area contributed by atoms with Crippen molar-refractivity contribution in [2.75, 3.05) is 0 Å². The fourth-order valence-electron chi connectivity index (χ4n) is 3.87. The third-order valence-corrected chi connectivity index (χ3v) is 5.28. The van der Waals surface area contributed by atoms with Crippen molar-refractivity contribution >= 4 is 5.97 Å². The maximum absolute atomic E-state index is 11.4. The van der Waals surface area contributed by atoms with Gasteiger partial charge in [0.05, 0.1) is 0 Å². The number of carbonyl (C=O) groups is 1. The van der Waals surface area contributed by atoms with Crippen LogP contribution < -0.4 is 0 Å². The van der Waals surface area contributed by atoms with E-state index in [0.717, 1.165) is 12.8 Å². The van der Waals surface area contributed by atoms with Gasteiger partial charge in [0.15, 0.2) is 0 Å². The summed E-state index contributed by atoms with van der Waals surface area (Å²) in [4.78, 5) is 11.4. The lowest BCUT2D eigenvalue weighted by atomic mass is 9.59. The van der Waals surface area contributed by atoms with Crippen LogP contribution in [0.5, 0.6) is 0 Å². The number of benzene rings is 1. The third-order valence-electron chi connectivity index (χ3n) is 5.28. The van der Waals surface area contributed by atoms with Crippen molar-refractivity contribution in [2.45, 2.75) is 45.4 Å². The summed E-state index contributed by atoms with van der Waals surface area (Å²) in [6, 6.07) is 10.4. The van der Waals surface area contributed by atoms with Crippen LogP contribution in [0.15, 0.2) is 42.5 Å². The van der Waals surface area contributed by atoms with Crippen LogP contribution in [0.3, 0.4) is 0 Å². The summed E-state index contributed by atoms with van der Waals surface area (Å²) in [5.74, 6) is 0.137. The van der Waals surface area contributed by atoms with Crippen molar-refractivity contribution in [3.8, 4) is 0 Å². The summed E-state index contributed by atoms with van der Waals surface area (Å²) in [6.45, 7) is 10.6. The average molecular weight is 286 g/mol. The molecule has 3 atom stereocenters. The van der Waals surface area contributed by atoms with Gasteiger partial charge >= 0.3 is 5.97 Å². The van der Waals surface area contributed by atoms with E-state index >= 15 is 0 Å². The molecule has 0 saturated heterocycles. The first kappa shape index (κ1) is 15.8. The molecule has 0 amide bonds. The molecule has 0 spiro atoms. The predicted octanol–water partition coefficient (Wildman–Crippen LogP) is 4.66. The zero-order valence-corrected chi connectivity index (χ0v) is 13.3. The van der Waals surface area contributed by atoms with E-state index in [2.05, 4.69) is 51.6 Å². The molecule has 0 bridgehead atoms. The van der Waals surface area contributed by atoms with Crippen molar-refractivity contribution in [3.63, 3.8) is 0 Å². The van der Waals surface area contributed by atoms with Crippen LogP contribution in [-0.4, -0.2) is 11.1 Å². The summed E-state index contributed by atoms with van der Waals surface area (Å²) >= 11 is 0. The molecule has 1 aromatic rings. The lowest BCUT2D eigenvalue weighted by molar-refractivity contribution is -0.133. The molecule has 114 valence electrons. The molecule has 1 aromatic carbocycles. The molecule has 1 aliphatic carbocycles. The molecule has 2 nitrogen and oxygen atoms in total. The van der Waals surface area contributed by atoms with E-state index in [1.165, 1.54) is 12.0 Å². The van der Waals surface area contributed by atoms with Gasteiger partial charge in [0.2, 0.25) is 0 Å². The van der Waals surface area contributed by atoms with Gasteiger partial charge in [-0.15, -0.1) is 0 Å². The average Bonchev–Trinajstić information content (AvgIpc) is 2.47. The zero-order valence-electron chi connectivity index (χ0n) is 13.3. The van der Waals surface area contributed by atoms with Gasteiger partial charge in [-0.2, -0.15) is 0 Å². The van der Waals surface area contributed by atoms with Gasteiger partial charge in [-0.25, -0.2) is 4.79 Å². The quantitative estimate of drug-likeness (QED) is 0.817. The van der Waals surface area contributed by atoms with Crippen LogP contribution in [0.25, 0.3) is 0 Å². The van der Waals surface area contributed by atoms with Gasteiger partial charge < -0.3 is 5.11 Å².